The summed E-state index contributed by atoms with van der Waals surface area (Å²) in [7, 11) is 6.66. The number of Topliss-reactive ketones (excluding diaryl/α,β-unsaturated/α-hetero) is 1. The number of carbonyl (C=O) groups is 2. The highest BCUT2D eigenvalue weighted by atomic mass is 35.5. The van der Waals surface area contributed by atoms with Crippen LogP contribution >= 0.6 is 23.2 Å². The summed E-state index contributed by atoms with van der Waals surface area (Å²) in [5.74, 6) is -1.66. The third-order valence-electron chi connectivity index (χ3n) is 6.25. The molecule has 2 aromatic carbocycles. The van der Waals surface area contributed by atoms with E-state index in [0.29, 0.717) is 18.5 Å². The standard InChI is InChI=1S/C26H27Cl2N3O5/c1-30(2)10-7-11-31-21(16-13-29-18-9-6-5-8-14(16)18)19(23(33)26(31)34)22(32)15-12-17(27)25(36-4)20(28)24(15)35-3/h5-6,8-9,12-13,21,29,32H,7,10-11H2,1-4H3/b22-19+. The van der Waals surface area contributed by atoms with E-state index in [2.05, 4.69) is 4.98 Å². The van der Waals surface area contributed by atoms with Crippen molar-refractivity contribution in [2.24, 2.45) is 0 Å². The second-order valence-corrected chi connectivity index (χ2v) is 9.51. The first-order valence-corrected chi connectivity index (χ1v) is 12.1. The topological polar surface area (TPSA) is 95.1 Å². The van der Waals surface area contributed by atoms with Crippen LogP contribution in [0.1, 0.15) is 23.6 Å². The van der Waals surface area contributed by atoms with Gasteiger partial charge < -0.3 is 29.4 Å². The molecule has 190 valence electrons. The summed E-state index contributed by atoms with van der Waals surface area (Å²) in [6.07, 6.45) is 2.40. The van der Waals surface area contributed by atoms with E-state index in [1.165, 1.54) is 25.2 Å². The minimum absolute atomic E-state index is 0.0397. The van der Waals surface area contributed by atoms with Crippen LogP contribution < -0.4 is 9.47 Å². The van der Waals surface area contributed by atoms with E-state index >= 15 is 0 Å². The first-order chi connectivity index (χ1) is 17.2. The molecule has 1 amide bonds. The smallest absolute Gasteiger partial charge is 0.295 e. The van der Waals surface area contributed by atoms with E-state index in [9.17, 15) is 14.7 Å². The maximum absolute atomic E-state index is 13.4. The predicted octanol–water partition coefficient (Wildman–Crippen LogP) is 4.87. The number of fused-ring (bicyclic) bond motifs is 1. The molecular weight excluding hydrogens is 505 g/mol. The van der Waals surface area contributed by atoms with Gasteiger partial charge in [-0.25, -0.2) is 0 Å². The summed E-state index contributed by atoms with van der Waals surface area (Å²) in [4.78, 5) is 33.4. The number of hydrogen-bond acceptors (Lipinski definition) is 6. The van der Waals surface area contributed by atoms with Crippen molar-refractivity contribution in [3.63, 3.8) is 0 Å². The number of H-pyrrole nitrogens is 1. The summed E-state index contributed by atoms with van der Waals surface area (Å²) < 4.78 is 10.7. The Hall–Kier alpha value is -3.20. The van der Waals surface area contributed by atoms with Gasteiger partial charge in [-0.05, 0) is 39.2 Å². The minimum Gasteiger partial charge on any atom is -0.507 e. The van der Waals surface area contributed by atoms with Crippen molar-refractivity contribution in [2.75, 3.05) is 41.4 Å². The van der Waals surface area contributed by atoms with Crippen LogP contribution in [0.25, 0.3) is 16.7 Å². The molecule has 1 saturated heterocycles. The van der Waals surface area contributed by atoms with Crippen molar-refractivity contribution in [1.29, 1.82) is 0 Å². The minimum atomic E-state index is -0.826. The lowest BCUT2D eigenvalue weighted by Crippen LogP contribution is -2.32. The third kappa shape index (κ3) is 4.40. The monoisotopic (exact) mass is 531 g/mol. The number of ether oxygens (including phenoxy) is 2. The van der Waals surface area contributed by atoms with E-state index in [1.54, 1.807) is 6.20 Å². The average Bonchev–Trinajstić information content (AvgIpc) is 3.37. The molecule has 10 heteroatoms. The molecule has 1 aromatic heterocycles. The first-order valence-electron chi connectivity index (χ1n) is 11.3. The summed E-state index contributed by atoms with van der Waals surface area (Å²) in [5, 5.41) is 12.5. The Morgan fingerprint density at radius 3 is 2.50 bits per heavy atom. The van der Waals surface area contributed by atoms with Crippen LogP contribution in [0.3, 0.4) is 0 Å². The SMILES string of the molecule is COc1c(Cl)cc(/C(O)=C2\C(=O)C(=O)N(CCCN(C)C)C2c2c[nH]c3ccccc23)c(OC)c1Cl. The number of methoxy groups -OCH3 is 2. The number of aliphatic hydroxyl groups excluding tert-OH is 1. The van der Waals surface area contributed by atoms with Crippen molar-refractivity contribution < 1.29 is 24.2 Å². The van der Waals surface area contributed by atoms with Crippen LogP contribution in [0.5, 0.6) is 11.5 Å². The molecule has 2 N–H and O–H groups in total. The number of hydrogen-bond donors (Lipinski definition) is 2. The number of nitrogens with one attached hydrogen (secondary N) is 1. The Morgan fingerprint density at radius 1 is 1.14 bits per heavy atom. The average molecular weight is 532 g/mol. The van der Waals surface area contributed by atoms with Gasteiger partial charge in [0.1, 0.15) is 10.8 Å². The van der Waals surface area contributed by atoms with E-state index in [-0.39, 0.29) is 32.7 Å². The molecular formula is C26H27Cl2N3O5. The largest absolute Gasteiger partial charge is 0.507 e. The molecule has 0 bridgehead atoms. The lowest BCUT2D eigenvalue weighted by Gasteiger charge is -2.25. The van der Waals surface area contributed by atoms with Crippen LogP contribution in [0.2, 0.25) is 10.0 Å². The number of ketones is 1. The maximum Gasteiger partial charge on any atom is 0.295 e. The second kappa shape index (κ2) is 10.4. The van der Waals surface area contributed by atoms with E-state index in [4.69, 9.17) is 32.7 Å². The van der Waals surface area contributed by atoms with Gasteiger partial charge in [-0.2, -0.15) is 0 Å². The number of benzene rings is 2. The van der Waals surface area contributed by atoms with Crippen molar-refractivity contribution in [2.45, 2.75) is 12.5 Å². The van der Waals surface area contributed by atoms with Crippen molar-refractivity contribution in [1.82, 2.24) is 14.8 Å². The number of amides is 1. The number of para-hydroxylation sites is 1. The van der Waals surface area contributed by atoms with E-state index in [1.807, 2.05) is 43.3 Å². The van der Waals surface area contributed by atoms with Gasteiger partial charge in [0.05, 0.1) is 36.4 Å². The van der Waals surface area contributed by atoms with Gasteiger partial charge in [0.15, 0.2) is 11.5 Å². The molecule has 0 aliphatic carbocycles. The molecule has 0 saturated carbocycles. The van der Waals surface area contributed by atoms with Crippen molar-refractivity contribution >= 4 is 51.6 Å². The van der Waals surface area contributed by atoms with Gasteiger partial charge in [0.25, 0.3) is 11.7 Å². The summed E-state index contributed by atoms with van der Waals surface area (Å²) in [5.41, 5.74) is 1.56. The number of aliphatic hydroxyl groups is 1. The maximum atomic E-state index is 13.4. The Balaban J connectivity index is 1.95. The molecule has 36 heavy (non-hydrogen) atoms. The number of rotatable bonds is 8. The Morgan fingerprint density at radius 2 is 1.83 bits per heavy atom. The lowest BCUT2D eigenvalue weighted by molar-refractivity contribution is -0.139. The molecule has 0 spiro atoms. The lowest BCUT2D eigenvalue weighted by atomic mass is 9.94. The molecule has 1 aliphatic heterocycles. The Kier molecular flexibility index (Phi) is 7.49. The Labute approximate surface area is 219 Å². The molecule has 1 atom stereocenters. The molecule has 0 radical (unpaired) electrons. The summed E-state index contributed by atoms with van der Waals surface area (Å²) in [6.45, 7) is 1.05. The van der Waals surface area contributed by atoms with Crippen LogP contribution in [0.15, 0.2) is 42.1 Å². The number of likely N-dealkylation sites (tertiary alicyclic amines) is 1. The van der Waals surface area contributed by atoms with E-state index < -0.39 is 23.5 Å². The number of carbonyl (C=O) groups excluding carboxylic acids is 2. The molecule has 1 unspecified atom stereocenters. The predicted molar refractivity (Wildman–Crippen MR) is 140 cm³/mol. The zero-order chi connectivity index (χ0) is 26.1. The molecule has 8 nitrogen and oxygen atoms in total. The van der Waals surface area contributed by atoms with Crippen LogP contribution in [-0.4, -0.2) is 73.0 Å². The highest BCUT2D eigenvalue weighted by Gasteiger charge is 2.47. The number of aromatic nitrogens is 1. The molecule has 2 heterocycles. The van der Waals surface area contributed by atoms with Gasteiger partial charge in [-0.1, -0.05) is 41.4 Å². The fourth-order valence-corrected chi connectivity index (χ4v) is 5.29. The van der Waals surface area contributed by atoms with Gasteiger partial charge in [0.2, 0.25) is 0 Å². The zero-order valence-electron chi connectivity index (χ0n) is 20.4. The zero-order valence-corrected chi connectivity index (χ0v) is 21.9. The van der Waals surface area contributed by atoms with Crippen molar-refractivity contribution in [3.8, 4) is 11.5 Å². The fourth-order valence-electron chi connectivity index (χ4n) is 4.60. The van der Waals surface area contributed by atoms with Crippen LogP contribution in [-0.2, 0) is 9.59 Å². The number of halogens is 2. The van der Waals surface area contributed by atoms with E-state index in [0.717, 1.165) is 17.4 Å². The number of nitrogens with zero attached hydrogens (tertiary/aromatic N) is 2. The van der Waals surface area contributed by atoms with Crippen LogP contribution in [0.4, 0.5) is 0 Å². The summed E-state index contributed by atoms with van der Waals surface area (Å²) in [6, 6.07) is 8.16. The normalized spacial score (nSPS) is 17.4. The molecule has 1 fully saturated rings. The van der Waals surface area contributed by atoms with Gasteiger partial charge in [0, 0.05) is 29.2 Å². The first kappa shape index (κ1) is 25.9. The third-order valence-corrected chi connectivity index (χ3v) is 6.88. The number of aromatic amines is 1. The quantitative estimate of drug-likeness (QED) is 0.244. The Bertz CT molecular complexity index is 1370. The summed E-state index contributed by atoms with van der Waals surface area (Å²) >= 11 is 12.8. The fraction of sp³-hybridized carbons (Fsp3) is 0.308. The second-order valence-electron chi connectivity index (χ2n) is 8.73. The molecule has 3 aromatic rings. The van der Waals surface area contributed by atoms with Gasteiger partial charge in [-0.3, -0.25) is 9.59 Å². The molecule has 4 rings (SSSR count). The molecule has 1 aliphatic rings. The van der Waals surface area contributed by atoms with Crippen LogP contribution in [0, 0.1) is 0 Å². The highest BCUT2D eigenvalue weighted by molar-refractivity contribution is 6.47. The van der Waals surface area contributed by atoms with Crippen molar-refractivity contribution in [3.05, 3.63) is 63.3 Å². The highest BCUT2D eigenvalue weighted by Crippen LogP contribution is 2.48. The van der Waals surface area contributed by atoms with Gasteiger partial charge >= 0.3 is 0 Å². The van der Waals surface area contributed by atoms with Gasteiger partial charge in [-0.15, -0.1) is 0 Å².